The van der Waals surface area contributed by atoms with Crippen LogP contribution in [-0.2, 0) is 6.54 Å². The molecule has 0 aliphatic carbocycles. The molecule has 1 aromatic carbocycles. The Labute approximate surface area is 229 Å². The van der Waals surface area contributed by atoms with E-state index in [0.29, 0.717) is 56.4 Å². The summed E-state index contributed by atoms with van der Waals surface area (Å²) in [5.41, 5.74) is 3.20. The zero-order valence-corrected chi connectivity index (χ0v) is 22.9. The molecule has 1 atom stereocenters. The molecule has 12 heteroatoms. The van der Waals surface area contributed by atoms with Gasteiger partial charge in [-0.15, -0.1) is 5.10 Å². The number of hydrogen-bond donors (Lipinski definition) is 2. The van der Waals surface area contributed by atoms with Gasteiger partial charge in [-0.05, 0) is 30.5 Å². The van der Waals surface area contributed by atoms with Crippen molar-refractivity contribution in [3.8, 4) is 6.07 Å². The lowest BCUT2D eigenvalue weighted by atomic mass is 9.96. The molecule has 0 radical (unpaired) electrons. The molecular formula is C27H28ClF3N8. The van der Waals surface area contributed by atoms with E-state index in [4.69, 9.17) is 11.6 Å². The van der Waals surface area contributed by atoms with Gasteiger partial charge in [-0.3, -0.25) is 4.98 Å². The van der Waals surface area contributed by atoms with Gasteiger partial charge in [-0.25, -0.2) is 18.4 Å². The van der Waals surface area contributed by atoms with Crippen molar-refractivity contribution < 1.29 is 13.2 Å². The molecule has 8 nitrogen and oxygen atoms in total. The zero-order valence-electron chi connectivity index (χ0n) is 22.2. The van der Waals surface area contributed by atoms with Gasteiger partial charge in [0, 0.05) is 42.0 Å². The van der Waals surface area contributed by atoms with Gasteiger partial charge in [0.25, 0.3) is 5.92 Å². The maximum absolute atomic E-state index is 13.8. The maximum Gasteiger partial charge on any atom is 0.264 e. The Kier molecular flexibility index (Phi) is 7.70. The third-order valence-electron chi connectivity index (χ3n) is 5.85. The number of nitrogens with zero attached hydrogens (tertiary/aromatic N) is 6. The number of rotatable bonds is 8. The van der Waals surface area contributed by atoms with E-state index >= 15 is 0 Å². The summed E-state index contributed by atoms with van der Waals surface area (Å²) in [5.74, 6) is -3.64. The highest BCUT2D eigenvalue weighted by Gasteiger charge is 2.26. The molecule has 0 bridgehead atoms. The molecule has 1 unspecified atom stereocenters. The largest absolute Gasteiger partial charge is 0.383 e. The average Bonchev–Trinajstić information content (AvgIpc) is 3.27. The number of nitrogens with one attached hydrogen (secondary N) is 2. The predicted octanol–water partition coefficient (Wildman–Crippen LogP) is 6.51. The van der Waals surface area contributed by atoms with Crippen LogP contribution in [0.1, 0.15) is 56.3 Å². The smallest absolute Gasteiger partial charge is 0.264 e. The summed E-state index contributed by atoms with van der Waals surface area (Å²) >= 11 is 6.63. The third-order valence-corrected chi connectivity index (χ3v) is 6.14. The van der Waals surface area contributed by atoms with Gasteiger partial charge < -0.3 is 10.6 Å². The Morgan fingerprint density at radius 1 is 1.18 bits per heavy atom. The number of fused-ring (bicyclic) bond motifs is 1. The predicted molar refractivity (Wildman–Crippen MR) is 144 cm³/mol. The van der Waals surface area contributed by atoms with Gasteiger partial charge in [-0.2, -0.15) is 9.65 Å². The van der Waals surface area contributed by atoms with Crippen LogP contribution in [0, 0.1) is 29.6 Å². The highest BCUT2D eigenvalue weighted by atomic mass is 35.5. The van der Waals surface area contributed by atoms with Crippen molar-refractivity contribution in [2.24, 2.45) is 5.41 Å². The first-order valence-electron chi connectivity index (χ1n) is 12.2. The quantitative estimate of drug-likeness (QED) is 0.238. The number of nitriles is 1. The van der Waals surface area contributed by atoms with E-state index in [2.05, 4.69) is 57.8 Å². The molecule has 3 aromatic heterocycles. The fourth-order valence-electron chi connectivity index (χ4n) is 4.10. The van der Waals surface area contributed by atoms with E-state index in [1.165, 1.54) is 18.5 Å². The van der Waals surface area contributed by atoms with Crippen molar-refractivity contribution in [1.29, 1.82) is 5.26 Å². The van der Waals surface area contributed by atoms with Crippen LogP contribution in [0.3, 0.4) is 0 Å². The van der Waals surface area contributed by atoms with Crippen molar-refractivity contribution in [1.82, 2.24) is 25.0 Å². The first-order chi connectivity index (χ1) is 18.2. The topological polar surface area (TPSA) is 104 Å². The Bertz CT molecular complexity index is 1550. The second-order valence-electron chi connectivity index (χ2n) is 10.7. The normalized spacial score (nSPS) is 12.8. The second kappa shape index (κ2) is 10.7. The monoisotopic (exact) mass is 556 g/mol. The Morgan fingerprint density at radius 3 is 2.56 bits per heavy atom. The van der Waals surface area contributed by atoms with Gasteiger partial charge >= 0.3 is 0 Å². The minimum absolute atomic E-state index is 0.0682. The van der Waals surface area contributed by atoms with Crippen molar-refractivity contribution in [3.63, 3.8) is 0 Å². The first kappa shape index (κ1) is 28.1. The minimum Gasteiger partial charge on any atom is -0.383 e. The van der Waals surface area contributed by atoms with E-state index in [-0.39, 0.29) is 5.41 Å². The minimum atomic E-state index is -2.99. The number of pyridine rings is 2. The van der Waals surface area contributed by atoms with Crippen LogP contribution < -0.4 is 10.6 Å². The lowest BCUT2D eigenvalue weighted by Crippen LogP contribution is -2.20. The lowest BCUT2D eigenvalue weighted by molar-refractivity contribution is 0.0000887. The van der Waals surface area contributed by atoms with Crippen LogP contribution in [0.25, 0.3) is 10.9 Å². The summed E-state index contributed by atoms with van der Waals surface area (Å²) < 4.78 is 42.1. The second-order valence-corrected chi connectivity index (χ2v) is 11.1. The fourth-order valence-corrected chi connectivity index (χ4v) is 4.37. The van der Waals surface area contributed by atoms with Crippen molar-refractivity contribution >= 4 is 33.9 Å². The fraction of sp³-hybridized carbons (Fsp3) is 0.370. The van der Waals surface area contributed by atoms with Crippen molar-refractivity contribution in [2.45, 2.75) is 53.1 Å². The summed E-state index contributed by atoms with van der Waals surface area (Å²) in [6.07, 6.45) is 2.89. The summed E-state index contributed by atoms with van der Waals surface area (Å²) in [6.45, 7) is 8.58. The average molecular weight is 557 g/mol. The molecule has 204 valence electrons. The molecule has 0 spiro atoms. The van der Waals surface area contributed by atoms with Crippen LogP contribution >= 0.6 is 11.6 Å². The van der Waals surface area contributed by atoms with Gasteiger partial charge in [0.15, 0.2) is 0 Å². The Hall–Kier alpha value is -3.91. The number of halogens is 4. The van der Waals surface area contributed by atoms with Gasteiger partial charge in [0.05, 0.1) is 34.0 Å². The van der Waals surface area contributed by atoms with Crippen LogP contribution in [-0.4, -0.2) is 37.4 Å². The van der Waals surface area contributed by atoms with E-state index in [1.54, 1.807) is 25.1 Å². The molecule has 4 aromatic rings. The molecule has 4 rings (SSSR count). The van der Waals surface area contributed by atoms with Crippen LogP contribution in [0.5, 0.6) is 0 Å². The Morgan fingerprint density at radius 2 is 1.92 bits per heavy atom. The standard InChI is InChI=1S/C27H28ClF3N8/c1-15-18(6-7-22(29)35-15)25(21-12-39(38-37-21)14-27(5,30)31)36-17-8-19-23(34-13-26(2,3)4)16(10-32)11-33-24(19)20(28)9-17/h6-9,11-12,25,36H,13-14H2,1-5H3,(H,33,34). The van der Waals surface area contributed by atoms with E-state index in [9.17, 15) is 18.4 Å². The van der Waals surface area contributed by atoms with Crippen molar-refractivity contribution in [3.05, 3.63) is 70.1 Å². The number of aromatic nitrogens is 5. The summed E-state index contributed by atoms with van der Waals surface area (Å²) in [5, 5.41) is 25.4. The molecule has 2 N–H and O–H groups in total. The molecule has 3 heterocycles. The molecule has 0 aliphatic heterocycles. The Balaban J connectivity index is 1.82. The van der Waals surface area contributed by atoms with Crippen molar-refractivity contribution in [2.75, 3.05) is 17.2 Å². The summed E-state index contributed by atoms with van der Waals surface area (Å²) in [4.78, 5) is 8.30. The summed E-state index contributed by atoms with van der Waals surface area (Å²) in [7, 11) is 0. The van der Waals surface area contributed by atoms with Gasteiger partial charge in [0.1, 0.15) is 18.3 Å². The molecule has 0 saturated heterocycles. The maximum atomic E-state index is 13.8. The molecule has 39 heavy (non-hydrogen) atoms. The number of hydrogen-bond acceptors (Lipinski definition) is 7. The molecule has 0 saturated carbocycles. The van der Waals surface area contributed by atoms with E-state index in [0.717, 1.165) is 11.6 Å². The van der Waals surface area contributed by atoms with Crippen LogP contribution in [0.4, 0.5) is 24.5 Å². The highest BCUT2D eigenvalue weighted by Crippen LogP contribution is 2.36. The zero-order chi connectivity index (χ0) is 28.5. The van der Waals surface area contributed by atoms with Gasteiger partial charge in [-0.1, -0.05) is 43.7 Å². The number of benzene rings is 1. The SMILES string of the molecule is Cc1nc(F)ccc1C(Nc1cc(Cl)c2ncc(C#N)c(NCC(C)(C)C)c2c1)c1cn(CC(C)(F)F)nn1. The van der Waals surface area contributed by atoms with Crippen LogP contribution in [0.2, 0.25) is 5.02 Å². The lowest BCUT2D eigenvalue weighted by Gasteiger charge is -2.23. The van der Waals surface area contributed by atoms with E-state index < -0.39 is 24.5 Å². The van der Waals surface area contributed by atoms with E-state index in [1.807, 2.05) is 0 Å². The number of aryl methyl sites for hydroxylation is 1. The molecular weight excluding hydrogens is 529 g/mol. The molecule has 0 amide bonds. The third kappa shape index (κ3) is 6.75. The van der Waals surface area contributed by atoms with Gasteiger partial charge in [0.2, 0.25) is 5.95 Å². The first-order valence-corrected chi connectivity index (χ1v) is 12.6. The molecule has 0 aliphatic rings. The number of alkyl halides is 2. The number of anilines is 2. The van der Waals surface area contributed by atoms with Crippen LogP contribution in [0.15, 0.2) is 36.7 Å². The molecule has 0 fully saturated rings. The highest BCUT2D eigenvalue weighted by molar-refractivity contribution is 6.35. The summed E-state index contributed by atoms with van der Waals surface area (Å²) in [6, 6.07) is 7.67.